The Kier molecular flexibility index (Phi) is 6.94. The van der Waals surface area contributed by atoms with Gasteiger partial charge in [0.2, 0.25) is 10.0 Å². The van der Waals surface area contributed by atoms with Gasteiger partial charge in [0.1, 0.15) is 11.6 Å². The average Bonchev–Trinajstić information content (AvgIpc) is 2.90. The van der Waals surface area contributed by atoms with E-state index in [2.05, 4.69) is 30.1 Å². The van der Waals surface area contributed by atoms with Crippen LogP contribution >= 0.6 is 11.6 Å². The standard InChI is InChI=1S/C27H28ClN5O2S/c1-19-7-3-5-9-24(19)29-27-23-8-4-6-10-25(23)30-26(31-27)20(2)32-15-17-33(18-16-32)36(34,35)22-13-11-21(28)12-14-22/h3-14,20H,15-18H2,1-2H3,(H,29,30,31)/t20-/m0/s1. The molecule has 1 aliphatic rings. The van der Waals surface area contributed by atoms with Crippen LogP contribution in [0.1, 0.15) is 24.4 Å². The first-order chi connectivity index (χ1) is 17.3. The largest absolute Gasteiger partial charge is 0.339 e. The number of fused-ring (bicyclic) bond motifs is 1. The number of nitrogens with one attached hydrogen (secondary N) is 1. The van der Waals surface area contributed by atoms with Crippen molar-refractivity contribution in [2.75, 3.05) is 31.5 Å². The molecule has 1 aromatic heterocycles. The molecule has 4 aromatic rings. The number of rotatable bonds is 6. The van der Waals surface area contributed by atoms with Gasteiger partial charge in [-0.1, -0.05) is 41.9 Å². The average molecular weight is 522 g/mol. The molecule has 1 saturated heterocycles. The Balaban J connectivity index is 1.37. The van der Waals surface area contributed by atoms with Crippen molar-refractivity contribution >= 4 is 44.0 Å². The molecule has 0 radical (unpaired) electrons. The van der Waals surface area contributed by atoms with E-state index in [1.165, 1.54) is 4.31 Å². The maximum atomic E-state index is 13.1. The molecule has 3 aromatic carbocycles. The smallest absolute Gasteiger partial charge is 0.243 e. The van der Waals surface area contributed by atoms with Gasteiger partial charge in [-0.05, 0) is 61.9 Å². The molecule has 1 fully saturated rings. The summed E-state index contributed by atoms with van der Waals surface area (Å²) >= 11 is 5.93. The van der Waals surface area contributed by atoms with E-state index < -0.39 is 10.0 Å². The molecule has 7 nitrogen and oxygen atoms in total. The summed E-state index contributed by atoms with van der Waals surface area (Å²) in [6, 6.07) is 22.3. The number of benzene rings is 3. The van der Waals surface area contributed by atoms with Crippen molar-refractivity contribution in [1.82, 2.24) is 19.2 Å². The van der Waals surface area contributed by atoms with E-state index in [4.69, 9.17) is 21.6 Å². The number of nitrogens with zero attached hydrogens (tertiary/aromatic N) is 4. The van der Waals surface area contributed by atoms with Gasteiger partial charge in [-0.3, -0.25) is 4.90 Å². The summed E-state index contributed by atoms with van der Waals surface area (Å²) in [5.74, 6) is 1.47. The van der Waals surface area contributed by atoms with Gasteiger partial charge in [0.25, 0.3) is 0 Å². The highest BCUT2D eigenvalue weighted by atomic mass is 35.5. The number of anilines is 2. The molecule has 0 saturated carbocycles. The van der Waals surface area contributed by atoms with Crippen molar-refractivity contribution in [3.63, 3.8) is 0 Å². The molecule has 9 heteroatoms. The summed E-state index contributed by atoms with van der Waals surface area (Å²) in [6.45, 7) is 6.11. The second kappa shape index (κ2) is 10.1. The molecular formula is C27H28ClN5O2S. The number of aryl methyl sites for hydroxylation is 1. The van der Waals surface area contributed by atoms with Gasteiger partial charge in [0, 0.05) is 42.3 Å². The molecule has 5 rings (SSSR count). The molecule has 0 amide bonds. The highest BCUT2D eigenvalue weighted by Crippen LogP contribution is 2.29. The maximum Gasteiger partial charge on any atom is 0.243 e. The van der Waals surface area contributed by atoms with Crippen LogP contribution in [0.4, 0.5) is 11.5 Å². The molecule has 0 bridgehead atoms. The molecule has 186 valence electrons. The fraction of sp³-hybridized carbons (Fsp3) is 0.259. The zero-order valence-corrected chi connectivity index (χ0v) is 21.8. The molecule has 0 unspecified atom stereocenters. The highest BCUT2D eigenvalue weighted by molar-refractivity contribution is 7.89. The topological polar surface area (TPSA) is 78.4 Å². The summed E-state index contributed by atoms with van der Waals surface area (Å²) in [6.07, 6.45) is 0. The van der Waals surface area contributed by atoms with E-state index in [1.54, 1.807) is 24.3 Å². The molecule has 1 aliphatic heterocycles. The first-order valence-corrected chi connectivity index (χ1v) is 13.7. The van der Waals surface area contributed by atoms with Gasteiger partial charge >= 0.3 is 0 Å². The normalized spacial score (nSPS) is 16.2. The van der Waals surface area contributed by atoms with Gasteiger partial charge in [-0.15, -0.1) is 0 Å². The zero-order valence-electron chi connectivity index (χ0n) is 20.2. The molecule has 0 spiro atoms. The summed E-state index contributed by atoms with van der Waals surface area (Å²) in [4.78, 5) is 12.3. The van der Waals surface area contributed by atoms with Crippen molar-refractivity contribution in [2.45, 2.75) is 24.8 Å². The lowest BCUT2D eigenvalue weighted by Crippen LogP contribution is -2.49. The van der Waals surface area contributed by atoms with E-state index in [1.807, 2.05) is 42.5 Å². The van der Waals surface area contributed by atoms with Crippen molar-refractivity contribution in [3.8, 4) is 0 Å². The molecule has 36 heavy (non-hydrogen) atoms. The maximum absolute atomic E-state index is 13.1. The number of piperazine rings is 1. The lowest BCUT2D eigenvalue weighted by atomic mass is 10.1. The lowest BCUT2D eigenvalue weighted by Gasteiger charge is -2.36. The van der Waals surface area contributed by atoms with Gasteiger partial charge in [-0.2, -0.15) is 4.31 Å². The minimum atomic E-state index is -3.56. The van der Waals surface area contributed by atoms with E-state index in [-0.39, 0.29) is 10.9 Å². The van der Waals surface area contributed by atoms with Crippen LogP contribution in [0.3, 0.4) is 0 Å². The first kappa shape index (κ1) is 24.6. The molecular weight excluding hydrogens is 494 g/mol. The third-order valence-corrected chi connectivity index (χ3v) is 8.83. The number of halogens is 1. The van der Waals surface area contributed by atoms with Gasteiger partial charge in [0.15, 0.2) is 0 Å². The third-order valence-electron chi connectivity index (χ3n) is 6.66. The summed E-state index contributed by atoms with van der Waals surface area (Å²) in [5, 5.41) is 4.96. The minimum Gasteiger partial charge on any atom is -0.339 e. The molecule has 1 atom stereocenters. The van der Waals surface area contributed by atoms with Crippen LogP contribution in [0, 0.1) is 6.92 Å². The number of aromatic nitrogens is 2. The minimum absolute atomic E-state index is 0.0765. The van der Waals surface area contributed by atoms with Crippen molar-refractivity contribution in [3.05, 3.63) is 89.2 Å². The zero-order chi connectivity index (χ0) is 25.3. The monoisotopic (exact) mass is 521 g/mol. The molecule has 2 heterocycles. The summed E-state index contributed by atoms with van der Waals surface area (Å²) < 4.78 is 27.7. The Hall–Kier alpha value is -3.04. The Morgan fingerprint density at radius 2 is 1.56 bits per heavy atom. The van der Waals surface area contributed by atoms with Crippen molar-refractivity contribution in [2.24, 2.45) is 0 Å². The predicted molar refractivity (Wildman–Crippen MR) is 144 cm³/mol. The number of sulfonamides is 1. The van der Waals surface area contributed by atoms with Crippen LogP contribution in [0.2, 0.25) is 5.02 Å². The first-order valence-electron chi connectivity index (χ1n) is 11.9. The van der Waals surface area contributed by atoms with Crippen LogP contribution in [-0.4, -0.2) is 53.8 Å². The van der Waals surface area contributed by atoms with Crippen molar-refractivity contribution in [1.29, 1.82) is 0 Å². The fourth-order valence-corrected chi connectivity index (χ4v) is 6.02. The molecule has 0 aliphatic carbocycles. The van der Waals surface area contributed by atoms with Crippen LogP contribution in [-0.2, 0) is 10.0 Å². The second-order valence-corrected chi connectivity index (χ2v) is 11.3. The number of hydrogen-bond acceptors (Lipinski definition) is 6. The Morgan fingerprint density at radius 1 is 0.889 bits per heavy atom. The second-order valence-electron chi connectivity index (χ2n) is 8.96. The highest BCUT2D eigenvalue weighted by Gasteiger charge is 2.31. The molecule has 1 N–H and O–H groups in total. The Bertz CT molecular complexity index is 1490. The summed E-state index contributed by atoms with van der Waals surface area (Å²) in [5.41, 5.74) is 3.00. The SMILES string of the molecule is Cc1ccccc1Nc1nc([C@H](C)N2CCN(S(=O)(=O)c3ccc(Cl)cc3)CC2)nc2ccccc12. The van der Waals surface area contributed by atoms with Gasteiger partial charge in [0.05, 0.1) is 16.5 Å². The van der Waals surface area contributed by atoms with E-state index in [9.17, 15) is 8.42 Å². The fourth-order valence-electron chi connectivity index (χ4n) is 4.47. The summed E-state index contributed by atoms with van der Waals surface area (Å²) in [7, 11) is -3.56. The van der Waals surface area contributed by atoms with Crippen LogP contribution in [0.25, 0.3) is 10.9 Å². The predicted octanol–water partition coefficient (Wildman–Crippen LogP) is 5.40. The lowest BCUT2D eigenvalue weighted by molar-refractivity contribution is 0.141. The van der Waals surface area contributed by atoms with Crippen LogP contribution in [0.5, 0.6) is 0 Å². The Morgan fingerprint density at radius 3 is 2.28 bits per heavy atom. The van der Waals surface area contributed by atoms with E-state index >= 15 is 0 Å². The number of para-hydroxylation sites is 2. The quantitative estimate of drug-likeness (QED) is 0.366. The van der Waals surface area contributed by atoms with E-state index in [0.29, 0.717) is 37.0 Å². The van der Waals surface area contributed by atoms with Crippen molar-refractivity contribution < 1.29 is 8.42 Å². The number of hydrogen-bond donors (Lipinski definition) is 1. The van der Waals surface area contributed by atoms with Gasteiger partial charge in [-0.25, -0.2) is 18.4 Å². The van der Waals surface area contributed by atoms with Crippen LogP contribution in [0.15, 0.2) is 77.7 Å². The third kappa shape index (κ3) is 4.95. The van der Waals surface area contributed by atoms with Gasteiger partial charge < -0.3 is 5.32 Å². The Labute approximate surface area is 216 Å². The van der Waals surface area contributed by atoms with E-state index in [0.717, 1.165) is 28.0 Å². The van der Waals surface area contributed by atoms with Crippen LogP contribution < -0.4 is 5.32 Å².